The zero-order valence-electron chi connectivity index (χ0n) is 20.2. The number of halogens is 3. The van der Waals surface area contributed by atoms with Gasteiger partial charge in [0.2, 0.25) is 0 Å². The molecule has 0 radical (unpaired) electrons. The van der Waals surface area contributed by atoms with Crippen LogP contribution in [0, 0.1) is 23.1 Å². The van der Waals surface area contributed by atoms with Crippen molar-refractivity contribution in [2.24, 2.45) is 5.92 Å². The molecule has 36 heavy (non-hydrogen) atoms. The fraction of sp³-hybridized carbons (Fsp3) is 0.370. The standard InChI is InChI=1S/C27H26ClF2N3O2S/c1-4-35-26(34)22-15-36-25(32-22)24(17-5-7-20(28)8-6-17)33-13-19(14-33)23(27(2,3)30)18-9-16(12-31)10-21(29)11-18/h5-11,15,19,23-24H,4,13-14H2,1-3H3/t23-,24-/m1/s1. The highest BCUT2D eigenvalue weighted by Gasteiger charge is 2.46. The van der Waals surface area contributed by atoms with Crippen molar-refractivity contribution in [3.63, 3.8) is 0 Å². The Morgan fingerprint density at radius 2 is 1.97 bits per heavy atom. The van der Waals surface area contributed by atoms with Crippen molar-refractivity contribution in [1.29, 1.82) is 5.26 Å². The first-order chi connectivity index (χ1) is 17.1. The molecule has 0 N–H and O–H groups in total. The van der Waals surface area contributed by atoms with Crippen LogP contribution in [0.3, 0.4) is 0 Å². The Morgan fingerprint density at radius 3 is 2.58 bits per heavy atom. The second kappa shape index (κ2) is 10.6. The highest BCUT2D eigenvalue weighted by atomic mass is 35.5. The Labute approximate surface area is 218 Å². The SMILES string of the molecule is CCOC(=O)c1csc([C@@H](c2ccc(Cl)cc2)N2CC([C@@H](c3cc(F)cc(C#N)c3)C(C)(C)F)C2)n1. The van der Waals surface area contributed by atoms with Gasteiger partial charge in [0.1, 0.15) is 16.5 Å². The maximum absolute atomic E-state index is 15.5. The molecular formula is C27H26ClF2N3O2S. The number of ether oxygens (including phenoxy) is 1. The van der Waals surface area contributed by atoms with E-state index < -0.39 is 23.4 Å². The topological polar surface area (TPSA) is 66.2 Å². The van der Waals surface area contributed by atoms with Crippen molar-refractivity contribution in [3.8, 4) is 6.07 Å². The van der Waals surface area contributed by atoms with Crippen LogP contribution >= 0.6 is 22.9 Å². The molecule has 4 rings (SSSR count). The van der Waals surface area contributed by atoms with Gasteiger partial charge < -0.3 is 4.74 Å². The molecule has 0 aliphatic carbocycles. The smallest absolute Gasteiger partial charge is 0.357 e. The molecule has 5 nitrogen and oxygen atoms in total. The Bertz CT molecular complexity index is 1280. The van der Waals surface area contributed by atoms with Crippen LogP contribution in [0.5, 0.6) is 0 Å². The molecule has 2 aromatic carbocycles. The van der Waals surface area contributed by atoms with Gasteiger partial charge in [-0.1, -0.05) is 23.7 Å². The average Bonchev–Trinajstić information content (AvgIpc) is 3.27. The normalized spacial score (nSPS) is 16.1. The predicted molar refractivity (Wildman–Crippen MR) is 135 cm³/mol. The summed E-state index contributed by atoms with van der Waals surface area (Å²) in [5.41, 5.74) is 0.204. The van der Waals surface area contributed by atoms with Crippen LogP contribution in [-0.2, 0) is 4.74 Å². The molecule has 1 aliphatic heterocycles. The number of thiazole rings is 1. The number of aromatic nitrogens is 1. The van der Waals surface area contributed by atoms with Crippen molar-refractivity contribution < 1.29 is 18.3 Å². The lowest BCUT2D eigenvalue weighted by atomic mass is 9.72. The number of hydrogen-bond donors (Lipinski definition) is 0. The molecule has 1 aliphatic rings. The Hall–Kier alpha value is -2.86. The lowest BCUT2D eigenvalue weighted by molar-refractivity contribution is 0.00799. The summed E-state index contributed by atoms with van der Waals surface area (Å²) in [6, 6.07) is 13.1. The van der Waals surface area contributed by atoms with Crippen LogP contribution in [-0.4, -0.2) is 41.2 Å². The quantitative estimate of drug-likeness (QED) is 0.310. The number of carbonyl (C=O) groups excluding carboxylic acids is 1. The Balaban J connectivity index is 1.64. The van der Waals surface area contributed by atoms with Gasteiger partial charge in [-0.3, -0.25) is 4.90 Å². The van der Waals surface area contributed by atoms with E-state index >= 15 is 4.39 Å². The number of nitrogens with zero attached hydrogens (tertiary/aromatic N) is 3. The van der Waals surface area contributed by atoms with Gasteiger partial charge in [-0.15, -0.1) is 11.3 Å². The first-order valence-electron chi connectivity index (χ1n) is 11.6. The van der Waals surface area contributed by atoms with E-state index in [9.17, 15) is 14.4 Å². The van der Waals surface area contributed by atoms with Gasteiger partial charge >= 0.3 is 5.97 Å². The zero-order valence-corrected chi connectivity index (χ0v) is 21.7. The molecule has 9 heteroatoms. The number of alkyl halides is 1. The van der Waals surface area contributed by atoms with E-state index in [1.54, 1.807) is 30.5 Å². The number of hydrogen-bond acceptors (Lipinski definition) is 6. The minimum atomic E-state index is -1.63. The predicted octanol–water partition coefficient (Wildman–Crippen LogP) is 6.54. The largest absolute Gasteiger partial charge is 0.461 e. The van der Waals surface area contributed by atoms with Gasteiger partial charge in [0.05, 0.1) is 24.3 Å². The second-order valence-electron chi connectivity index (χ2n) is 9.39. The van der Waals surface area contributed by atoms with Gasteiger partial charge in [-0.25, -0.2) is 18.6 Å². The molecule has 1 fully saturated rings. The van der Waals surface area contributed by atoms with Gasteiger partial charge in [0.15, 0.2) is 5.69 Å². The molecule has 0 saturated carbocycles. The summed E-state index contributed by atoms with van der Waals surface area (Å²) in [5, 5.41) is 12.3. The molecule has 3 aromatic rings. The molecule has 0 unspecified atom stereocenters. The van der Waals surface area contributed by atoms with E-state index in [-0.39, 0.29) is 29.8 Å². The fourth-order valence-corrected chi connectivity index (χ4v) is 6.00. The number of nitriles is 1. The lowest BCUT2D eigenvalue weighted by Gasteiger charge is -2.49. The lowest BCUT2D eigenvalue weighted by Crippen LogP contribution is -2.53. The van der Waals surface area contributed by atoms with Crippen molar-refractivity contribution in [2.75, 3.05) is 19.7 Å². The summed E-state index contributed by atoms with van der Waals surface area (Å²) in [6.07, 6.45) is 0. The zero-order chi connectivity index (χ0) is 26.0. The first kappa shape index (κ1) is 26.2. The van der Waals surface area contributed by atoms with Gasteiger partial charge in [-0.05, 0) is 68.1 Å². The van der Waals surface area contributed by atoms with E-state index in [4.69, 9.17) is 16.3 Å². The monoisotopic (exact) mass is 529 g/mol. The molecule has 2 heterocycles. The maximum atomic E-state index is 15.5. The van der Waals surface area contributed by atoms with Crippen LogP contribution in [0.1, 0.15) is 64.9 Å². The Kier molecular flexibility index (Phi) is 7.74. The van der Waals surface area contributed by atoms with Crippen molar-refractivity contribution >= 4 is 28.9 Å². The van der Waals surface area contributed by atoms with Crippen molar-refractivity contribution in [1.82, 2.24) is 9.88 Å². The molecule has 2 atom stereocenters. The molecular weight excluding hydrogens is 504 g/mol. The first-order valence-corrected chi connectivity index (χ1v) is 12.9. The molecule has 0 bridgehead atoms. The highest BCUT2D eigenvalue weighted by Crippen LogP contribution is 2.46. The van der Waals surface area contributed by atoms with E-state index in [1.807, 2.05) is 18.2 Å². The minimum Gasteiger partial charge on any atom is -0.461 e. The number of esters is 1. The number of carbonyl (C=O) groups is 1. The van der Waals surface area contributed by atoms with E-state index in [1.165, 1.54) is 31.3 Å². The van der Waals surface area contributed by atoms with Crippen LogP contribution in [0.15, 0.2) is 47.8 Å². The number of likely N-dealkylation sites (tertiary alicyclic amines) is 1. The average molecular weight is 530 g/mol. The van der Waals surface area contributed by atoms with Crippen molar-refractivity contribution in [2.45, 2.75) is 38.4 Å². The van der Waals surface area contributed by atoms with Gasteiger partial charge in [0.25, 0.3) is 0 Å². The van der Waals surface area contributed by atoms with Crippen LogP contribution in [0.25, 0.3) is 0 Å². The fourth-order valence-electron chi connectivity index (χ4n) is 4.92. The van der Waals surface area contributed by atoms with Crippen LogP contribution in [0.4, 0.5) is 8.78 Å². The molecule has 1 aromatic heterocycles. The maximum Gasteiger partial charge on any atom is 0.357 e. The Morgan fingerprint density at radius 1 is 1.28 bits per heavy atom. The van der Waals surface area contributed by atoms with E-state index in [2.05, 4.69) is 9.88 Å². The second-order valence-corrected chi connectivity index (χ2v) is 10.7. The van der Waals surface area contributed by atoms with E-state index in [0.717, 1.165) is 11.6 Å². The van der Waals surface area contributed by atoms with E-state index in [0.29, 0.717) is 28.7 Å². The van der Waals surface area contributed by atoms with Crippen molar-refractivity contribution in [3.05, 3.63) is 86.1 Å². The third kappa shape index (κ3) is 5.59. The number of benzene rings is 2. The van der Waals surface area contributed by atoms with Gasteiger partial charge in [0, 0.05) is 29.4 Å². The summed E-state index contributed by atoms with van der Waals surface area (Å²) < 4.78 is 34.8. The minimum absolute atomic E-state index is 0.113. The summed E-state index contributed by atoms with van der Waals surface area (Å²) in [4.78, 5) is 18.9. The van der Waals surface area contributed by atoms with Crippen LogP contribution in [0.2, 0.25) is 5.02 Å². The van der Waals surface area contributed by atoms with Gasteiger partial charge in [-0.2, -0.15) is 5.26 Å². The molecule has 188 valence electrons. The summed E-state index contributed by atoms with van der Waals surface area (Å²) >= 11 is 7.47. The third-order valence-electron chi connectivity index (χ3n) is 6.35. The molecule has 0 spiro atoms. The number of rotatable bonds is 8. The molecule has 1 saturated heterocycles. The van der Waals surface area contributed by atoms with Crippen LogP contribution < -0.4 is 0 Å². The highest BCUT2D eigenvalue weighted by molar-refractivity contribution is 7.10. The summed E-state index contributed by atoms with van der Waals surface area (Å²) in [6.45, 7) is 6.02. The summed E-state index contributed by atoms with van der Waals surface area (Å²) in [7, 11) is 0. The molecule has 0 amide bonds. The third-order valence-corrected chi connectivity index (χ3v) is 7.50. The summed E-state index contributed by atoms with van der Waals surface area (Å²) in [5.74, 6) is -1.75.